The van der Waals surface area contributed by atoms with Crippen molar-refractivity contribution in [2.24, 2.45) is 0 Å². The predicted octanol–water partition coefficient (Wildman–Crippen LogP) is 4.25. The highest BCUT2D eigenvalue weighted by Crippen LogP contribution is 2.36. The number of imide groups is 1. The van der Waals surface area contributed by atoms with E-state index >= 15 is 0 Å². The van der Waals surface area contributed by atoms with Crippen LogP contribution in [0.3, 0.4) is 0 Å². The van der Waals surface area contributed by atoms with Gasteiger partial charge in [-0.25, -0.2) is 9.29 Å². The molecule has 168 valence electrons. The Kier molecular flexibility index (Phi) is 5.99. The van der Waals surface area contributed by atoms with Gasteiger partial charge in [-0.15, -0.1) is 0 Å². The summed E-state index contributed by atoms with van der Waals surface area (Å²) in [7, 11) is 4.52. The van der Waals surface area contributed by atoms with Crippen LogP contribution in [-0.4, -0.2) is 33.1 Å². The molecule has 1 heterocycles. The summed E-state index contributed by atoms with van der Waals surface area (Å²) in [6.07, 6.45) is 0. The Labute approximate surface area is 190 Å². The topological polar surface area (TPSA) is 77.1 Å². The first-order chi connectivity index (χ1) is 15.9. The third kappa shape index (κ3) is 4.23. The molecule has 0 aliphatic carbocycles. The van der Waals surface area contributed by atoms with Crippen molar-refractivity contribution >= 4 is 28.8 Å². The largest absolute Gasteiger partial charge is 0.497 e. The van der Waals surface area contributed by atoms with Crippen molar-refractivity contribution in [1.82, 2.24) is 0 Å². The minimum Gasteiger partial charge on any atom is -0.497 e. The highest BCUT2D eigenvalue weighted by Gasteiger charge is 2.40. The molecule has 0 radical (unpaired) electrons. The SMILES string of the molecule is COc1cc(NC2=C(c3ccc(F)cc3)C(=O)N(c3cccc(OC)c3)C2=O)cc(OC)c1. The van der Waals surface area contributed by atoms with Crippen LogP contribution in [0.1, 0.15) is 5.56 Å². The number of nitrogens with one attached hydrogen (secondary N) is 1. The lowest BCUT2D eigenvalue weighted by molar-refractivity contribution is -0.120. The number of hydrogen-bond acceptors (Lipinski definition) is 6. The fraction of sp³-hybridized carbons (Fsp3) is 0.120. The van der Waals surface area contributed by atoms with E-state index in [1.807, 2.05) is 0 Å². The lowest BCUT2D eigenvalue weighted by Crippen LogP contribution is -2.32. The molecule has 0 bridgehead atoms. The molecule has 4 rings (SSSR count). The molecule has 0 fully saturated rings. The number of hydrogen-bond donors (Lipinski definition) is 1. The number of rotatable bonds is 7. The molecule has 0 unspecified atom stereocenters. The number of nitrogens with zero attached hydrogens (tertiary/aromatic N) is 1. The summed E-state index contributed by atoms with van der Waals surface area (Å²) in [6, 6.07) is 17.0. The molecule has 8 heteroatoms. The van der Waals surface area contributed by atoms with Gasteiger partial charge in [0.2, 0.25) is 0 Å². The maximum absolute atomic E-state index is 13.5. The van der Waals surface area contributed by atoms with Crippen LogP contribution in [0, 0.1) is 5.82 Å². The number of amides is 2. The van der Waals surface area contributed by atoms with E-state index in [0.717, 1.165) is 4.90 Å². The highest BCUT2D eigenvalue weighted by atomic mass is 19.1. The van der Waals surface area contributed by atoms with Crippen LogP contribution in [0.15, 0.2) is 72.4 Å². The second-order valence-electron chi connectivity index (χ2n) is 7.13. The summed E-state index contributed by atoms with van der Waals surface area (Å²) in [5, 5.41) is 3.04. The van der Waals surface area contributed by atoms with Gasteiger partial charge in [-0.05, 0) is 29.8 Å². The summed E-state index contributed by atoms with van der Waals surface area (Å²) in [5.74, 6) is -0.0563. The van der Waals surface area contributed by atoms with E-state index < -0.39 is 17.6 Å². The minimum absolute atomic E-state index is 0.0461. The summed E-state index contributed by atoms with van der Waals surface area (Å²) < 4.78 is 29.4. The van der Waals surface area contributed by atoms with E-state index in [1.165, 1.54) is 45.6 Å². The quantitative estimate of drug-likeness (QED) is 0.545. The average Bonchev–Trinajstić information content (AvgIpc) is 3.08. The monoisotopic (exact) mass is 448 g/mol. The van der Waals surface area contributed by atoms with Gasteiger partial charge in [-0.1, -0.05) is 18.2 Å². The molecule has 0 saturated carbocycles. The van der Waals surface area contributed by atoms with Crippen LogP contribution in [0.25, 0.3) is 5.57 Å². The third-order valence-electron chi connectivity index (χ3n) is 5.15. The van der Waals surface area contributed by atoms with Gasteiger partial charge < -0.3 is 19.5 Å². The van der Waals surface area contributed by atoms with Gasteiger partial charge in [0.05, 0.1) is 32.6 Å². The minimum atomic E-state index is -0.561. The summed E-state index contributed by atoms with van der Waals surface area (Å²) in [5.41, 5.74) is 1.39. The summed E-state index contributed by atoms with van der Waals surface area (Å²) >= 11 is 0. The fourth-order valence-corrected chi connectivity index (χ4v) is 3.54. The normalized spacial score (nSPS) is 13.4. The Hall–Kier alpha value is -4.33. The average molecular weight is 448 g/mol. The van der Waals surface area contributed by atoms with Crippen LogP contribution in [0.5, 0.6) is 17.2 Å². The first-order valence-electron chi connectivity index (χ1n) is 9.98. The van der Waals surface area contributed by atoms with Gasteiger partial charge in [0.15, 0.2) is 0 Å². The van der Waals surface area contributed by atoms with Crippen molar-refractivity contribution in [1.29, 1.82) is 0 Å². The number of halogens is 1. The van der Waals surface area contributed by atoms with E-state index in [4.69, 9.17) is 14.2 Å². The maximum Gasteiger partial charge on any atom is 0.282 e. The number of anilines is 2. The molecule has 2 amide bonds. The zero-order valence-corrected chi connectivity index (χ0v) is 18.2. The van der Waals surface area contributed by atoms with Crippen molar-refractivity contribution in [3.05, 3.63) is 83.8 Å². The summed E-state index contributed by atoms with van der Waals surface area (Å²) in [4.78, 5) is 28.0. The van der Waals surface area contributed by atoms with Crippen molar-refractivity contribution in [3.8, 4) is 17.2 Å². The number of carbonyl (C=O) groups excluding carboxylic acids is 2. The molecule has 1 aliphatic heterocycles. The van der Waals surface area contributed by atoms with Crippen molar-refractivity contribution in [2.75, 3.05) is 31.5 Å². The second-order valence-corrected chi connectivity index (χ2v) is 7.13. The Balaban J connectivity index is 1.83. The van der Waals surface area contributed by atoms with Crippen LogP contribution in [-0.2, 0) is 9.59 Å². The van der Waals surface area contributed by atoms with Gasteiger partial charge in [0, 0.05) is 30.0 Å². The van der Waals surface area contributed by atoms with Crippen LogP contribution < -0.4 is 24.4 Å². The van der Waals surface area contributed by atoms with E-state index in [-0.39, 0.29) is 11.3 Å². The number of methoxy groups -OCH3 is 3. The zero-order valence-electron chi connectivity index (χ0n) is 18.2. The summed E-state index contributed by atoms with van der Waals surface area (Å²) in [6.45, 7) is 0. The van der Waals surface area contributed by atoms with Gasteiger partial charge in [0.25, 0.3) is 11.8 Å². The Morgan fingerprint density at radius 3 is 2.00 bits per heavy atom. The molecule has 33 heavy (non-hydrogen) atoms. The molecular weight excluding hydrogens is 427 g/mol. The molecule has 3 aromatic carbocycles. The van der Waals surface area contributed by atoms with Crippen LogP contribution >= 0.6 is 0 Å². The van der Waals surface area contributed by atoms with Crippen molar-refractivity contribution < 1.29 is 28.2 Å². The van der Waals surface area contributed by atoms with Gasteiger partial charge >= 0.3 is 0 Å². The molecule has 0 aromatic heterocycles. The molecule has 0 spiro atoms. The molecule has 3 aromatic rings. The number of benzene rings is 3. The first-order valence-corrected chi connectivity index (χ1v) is 9.98. The lowest BCUT2D eigenvalue weighted by Gasteiger charge is -2.16. The van der Waals surface area contributed by atoms with Crippen LogP contribution in [0.2, 0.25) is 0 Å². The molecule has 0 atom stereocenters. The van der Waals surface area contributed by atoms with Gasteiger partial charge in [-0.2, -0.15) is 0 Å². The van der Waals surface area contributed by atoms with E-state index in [1.54, 1.807) is 42.5 Å². The third-order valence-corrected chi connectivity index (χ3v) is 5.15. The van der Waals surface area contributed by atoms with Crippen LogP contribution in [0.4, 0.5) is 15.8 Å². The Morgan fingerprint density at radius 1 is 0.758 bits per heavy atom. The van der Waals surface area contributed by atoms with Crippen molar-refractivity contribution in [3.63, 3.8) is 0 Å². The molecule has 0 saturated heterocycles. The maximum atomic E-state index is 13.5. The van der Waals surface area contributed by atoms with Crippen molar-refractivity contribution in [2.45, 2.75) is 0 Å². The van der Waals surface area contributed by atoms with Gasteiger partial charge in [0.1, 0.15) is 28.8 Å². The number of carbonyl (C=O) groups is 2. The molecular formula is C25H21FN2O5. The van der Waals surface area contributed by atoms with E-state index in [0.29, 0.717) is 34.2 Å². The standard InChI is InChI=1S/C25H21FN2O5/c1-31-19-6-4-5-18(13-19)28-24(29)22(15-7-9-16(26)10-8-15)23(25(28)30)27-17-11-20(32-2)14-21(12-17)33-3/h4-14,27H,1-3H3. The fourth-order valence-electron chi connectivity index (χ4n) is 3.54. The lowest BCUT2D eigenvalue weighted by atomic mass is 10.0. The second kappa shape index (κ2) is 9.04. The van der Waals surface area contributed by atoms with E-state index in [2.05, 4.69) is 5.32 Å². The Morgan fingerprint density at radius 2 is 1.39 bits per heavy atom. The number of ether oxygens (including phenoxy) is 3. The smallest absolute Gasteiger partial charge is 0.282 e. The first kappa shape index (κ1) is 21.9. The Bertz CT molecular complexity index is 1230. The molecule has 1 aliphatic rings. The molecule has 1 N–H and O–H groups in total. The highest BCUT2D eigenvalue weighted by molar-refractivity contribution is 6.46. The van der Waals surface area contributed by atoms with Gasteiger partial charge in [-0.3, -0.25) is 9.59 Å². The van der Waals surface area contributed by atoms with E-state index in [9.17, 15) is 14.0 Å². The predicted molar refractivity (Wildman–Crippen MR) is 122 cm³/mol. The molecule has 7 nitrogen and oxygen atoms in total. The zero-order chi connectivity index (χ0) is 23.5.